The van der Waals surface area contributed by atoms with E-state index in [1.165, 1.54) is 36.8 Å². The van der Waals surface area contributed by atoms with Gasteiger partial charge in [-0.15, -0.1) is 0 Å². The van der Waals surface area contributed by atoms with Crippen molar-refractivity contribution in [1.82, 2.24) is 19.7 Å². The number of hydrogen-bond donors (Lipinski definition) is 2. The van der Waals surface area contributed by atoms with Crippen molar-refractivity contribution in [3.63, 3.8) is 0 Å². The van der Waals surface area contributed by atoms with Crippen LogP contribution in [0.25, 0.3) is 5.69 Å². The number of halogens is 1. The highest BCUT2D eigenvalue weighted by atomic mass is 19.1. The van der Waals surface area contributed by atoms with Gasteiger partial charge in [-0.2, -0.15) is 5.10 Å². The molecule has 2 aromatic carbocycles. The molecule has 0 saturated carbocycles. The lowest BCUT2D eigenvalue weighted by Gasteiger charge is -2.20. The van der Waals surface area contributed by atoms with E-state index in [2.05, 4.69) is 52.5 Å². The fourth-order valence-electron chi connectivity index (χ4n) is 3.26. The second-order valence-corrected chi connectivity index (χ2v) is 8.65. The summed E-state index contributed by atoms with van der Waals surface area (Å²) in [6.07, 6.45) is 6.05. The van der Waals surface area contributed by atoms with Crippen molar-refractivity contribution in [2.45, 2.75) is 32.8 Å². The molecule has 4 aromatic rings. The van der Waals surface area contributed by atoms with E-state index in [1.54, 1.807) is 16.9 Å². The third kappa shape index (κ3) is 5.55. The molecule has 2 amide bonds. The highest BCUT2D eigenvalue weighted by Crippen LogP contribution is 2.25. The summed E-state index contributed by atoms with van der Waals surface area (Å²) in [6, 6.07) is 13.5. The number of benzene rings is 2. The molecule has 0 fully saturated rings. The van der Waals surface area contributed by atoms with Gasteiger partial charge >= 0.3 is 6.03 Å². The van der Waals surface area contributed by atoms with E-state index in [1.807, 2.05) is 18.2 Å². The molecule has 0 radical (unpaired) electrons. The quantitative estimate of drug-likeness (QED) is 0.406. The topological polar surface area (TPSA) is 94.0 Å². The fraction of sp³-hybridized carbons (Fsp3) is 0.200. The third-order valence-electron chi connectivity index (χ3n) is 5.06. The van der Waals surface area contributed by atoms with Crippen LogP contribution in [0.2, 0.25) is 0 Å². The number of ether oxygens (including phenoxy) is 1. The Labute approximate surface area is 196 Å². The Morgan fingerprint density at radius 3 is 2.68 bits per heavy atom. The Bertz CT molecular complexity index is 1280. The molecule has 174 valence electrons. The number of amides is 2. The van der Waals surface area contributed by atoms with E-state index in [0.717, 1.165) is 11.3 Å². The monoisotopic (exact) mass is 460 g/mol. The Morgan fingerprint density at radius 2 is 1.91 bits per heavy atom. The van der Waals surface area contributed by atoms with Crippen LogP contribution in [0.1, 0.15) is 31.9 Å². The van der Waals surface area contributed by atoms with E-state index >= 15 is 0 Å². The van der Waals surface area contributed by atoms with Crippen LogP contribution < -0.4 is 15.4 Å². The molecule has 2 heterocycles. The molecule has 0 aliphatic rings. The number of nitrogens with zero attached hydrogens (tertiary/aromatic N) is 4. The van der Waals surface area contributed by atoms with Crippen LogP contribution in [0.15, 0.2) is 73.3 Å². The van der Waals surface area contributed by atoms with Gasteiger partial charge in [-0.05, 0) is 41.3 Å². The van der Waals surface area contributed by atoms with Crippen LogP contribution in [0.4, 0.5) is 20.7 Å². The first-order valence-electron chi connectivity index (χ1n) is 10.7. The second kappa shape index (κ2) is 9.70. The highest BCUT2D eigenvalue weighted by molar-refractivity contribution is 5.99. The molecule has 0 aliphatic carbocycles. The Hall–Kier alpha value is -4.27. The molecule has 2 N–H and O–H groups in total. The van der Waals surface area contributed by atoms with Crippen LogP contribution >= 0.6 is 0 Å². The molecular weight excluding hydrogens is 435 g/mol. The molecule has 0 unspecified atom stereocenters. The number of carbonyl (C=O) groups is 1. The van der Waals surface area contributed by atoms with Gasteiger partial charge in [0.1, 0.15) is 18.2 Å². The van der Waals surface area contributed by atoms with Gasteiger partial charge < -0.3 is 10.1 Å². The van der Waals surface area contributed by atoms with Crippen LogP contribution in [0, 0.1) is 5.82 Å². The van der Waals surface area contributed by atoms with E-state index in [0.29, 0.717) is 11.5 Å². The maximum absolute atomic E-state index is 14.2. The molecule has 34 heavy (non-hydrogen) atoms. The zero-order chi connectivity index (χ0) is 24.1. The summed E-state index contributed by atoms with van der Waals surface area (Å²) in [6.45, 7) is 6.35. The normalized spacial score (nSPS) is 11.2. The number of carbonyl (C=O) groups excluding carboxylic acids is 1. The molecule has 0 spiro atoms. The molecule has 2 aromatic heterocycles. The Kier molecular flexibility index (Phi) is 6.53. The zero-order valence-corrected chi connectivity index (χ0v) is 19.1. The lowest BCUT2D eigenvalue weighted by Crippen LogP contribution is -2.21. The van der Waals surface area contributed by atoms with Crippen molar-refractivity contribution in [2.75, 3.05) is 10.6 Å². The molecule has 0 atom stereocenters. The minimum absolute atomic E-state index is 0.0226. The van der Waals surface area contributed by atoms with Crippen molar-refractivity contribution >= 4 is 17.5 Å². The number of rotatable bonds is 6. The highest BCUT2D eigenvalue weighted by Gasteiger charge is 2.16. The van der Waals surface area contributed by atoms with Gasteiger partial charge in [0, 0.05) is 29.7 Å². The second-order valence-electron chi connectivity index (χ2n) is 8.65. The fourth-order valence-corrected chi connectivity index (χ4v) is 3.26. The van der Waals surface area contributed by atoms with Gasteiger partial charge in [0.05, 0.1) is 18.1 Å². The summed E-state index contributed by atoms with van der Waals surface area (Å²) in [5.41, 5.74) is 2.65. The number of hydrogen-bond acceptors (Lipinski definition) is 5. The predicted octanol–water partition coefficient (Wildman–Crippen LogP) is 5.32. The van der Waals surface area contributed by atoms with Crippen LogP contribution in [-0.2, 0) is 12.0 Å². The van der Waals surface area contributed by atoms with Crippen molar-refractivity contribution in [1.29, 1.82) is 0 Å². The van der Waals surface area contributed by atoms with Crippen molar-refractivity contribution in [3.05, 3.63) is 90.3 Å². The summed E-state index contributed by atoms with van der Waals surface area (Å²) in [5.74, 6) is 0.324. The van der Waals surface area contributed by atoms with E-state index in [4.69, 9.17) is 4.74 Å². The maximum Gasteiger partial charge on any atom is 0.324 e. The zero-order valence-electron chi connectivity index (χ0n) is 19.1. The van der Waals surface area contributed by atoms with E-state index < -0.39 is 11.8 Å². The summed E-state index contributed by atoms with van der Waals surface area (Å²) in [7, 11) is 0. The lowest BCUT2D eigenvalue weighted by molar-refractivity contribution is 0.262. The molecule has 9 heteroatoms. The number of nitrogens with one attached hydrogen (secondary N) is 2. The van der Waals surface area contributed by atoms with Gasteiger partial charge in [-0.1, -0.05) is 32.9 Å². The van der Waals surface area contributed by atoms with Crippen molar-refractivity contribution in [3.8, 4) is 11.6 Å². The summed E-state index contributed by atoms with van der Waals surface area (Å²) >= 11 is 0. The first kappa shape index (κ1) is 22.9. The molecule has 0 saturated heterocycles. The van der Waals surface area contributed by atoms with Crippen LogP contribution in [0.3, 0.4) is 0 Å². The number of anilines is 2. The molecule has 0 aliphatic heterocycles. The van der Waals surface area contributed by atoms with Crippen molar-refractivity contribution in [2.24, 2.45) is 0 Å². The van der Waals surface area contributed by atoms with Crippen LogP contribution in [0.5, 0.6) is 5.88 Å². The number of aromatic nitrogens is 4. The number of urea groups is 1. The third-order valence-corrected chi connectivity index (χ3v) is 5.06. The van der Waals surface area contributed by atoms with Gasteiger partial charge in [-0.3, -0.25) is 10.3 Å². The Balaban J connectivity index is 1.45. The first-order chi connectivity index (χ1) is 16.3. The van der Waals surface area contributed by atoms with Crippen molar-refractivity contribution < 1.29 is 13.9 Å². The minimum Gasteiger partial charge on any atom is -0.472 e. The van der Waals surface area contributed by atoms with Gasteiger partial charge in [0.25, 0.3) is 0 Å². The van der Waals surface area contributed by atoms with Gasteiger partial charge in [-0.25, -0.2) is 18.9 Å². The average molecular weight is 461 g/mol. The predicted molar refractivity (Wildman–Crippen MR) is 128 cm³/mol. The largest absolute Gasteiger partial charge is 0.472 e. The van der Waals surface area contributed by atoms with E-state index in [9.17, 15) is 9.18 Å². The molecule has 0 bridgehead atoms. The lowest BCUT2D eigenvalue weighted by atomic mass is 9.87. The minimum atomic E-state index is -0.485. The first-order valence-corrected chi connectivity index (χ1v) is 10.7. The standard InChI is InChI=1S/C25H25FN6O2/c1-25(2,3)18-5-4-6-20(14-18)32-22(9-10-29-32)31-24(33)30-19-7-8-21(26)17(13-19)16-34-23-15-27-11-12-28-23/h4-15H,16H2,1-3H3,(H2,30,31,33). The maximum atomic E-state index is 14.2. The average Bonchev–Trinajstić information content (AvgIpc) is 3.27. The smallest absolute Gasteiger partial charge is 0.324 e. The molecular formula is C25H25FN6O2. The summed E-state index contributed by atoms with van der Waals surface area (Å²) < 4.78 is 21.3. The SMILES string of the molecule is CC(C)(C)c1cccc(-n2nccc2NC(=O)Nc2ccc(F)c(COc3cnccn3)c2)c1. The van der Waals surface area contributed by atoms with Gasteiger partial charge in [0.15, 0.2) is 0 Å². The van der Waals surface area contributed by atoms with Crippen LogP contribution in [-0.4, -0.2) is 25.8 Å². The molecule has 4 rings (SSSR count). The van der Waals surface area contributed by atoms with Gasteiger partial charge in [0.2, 0.25) is 5.88 Å². The molecule has 8 nitrogen and oxygen atoms in total. The summed E-state index contributed by atoms with van der Waals surface area (Å²) in [5, 5.41) is 9.86. The summed E-state index contributed by atoms with van der Waals surface area (Å²) in [4.78, 5) is 20.6. The van der Waals surface area contributed by atoms with E-state index in [-0.39, 0.29) is 23.5 Å². The Morgan fingerprint density at radius 1 is 1.06 bits per heavy atom.